The molecule has 0 saturated heterocycles. The van der Waals surface area contributed by atoms with Crippen LogP contribution in [0.25, 0.3) is 11.0 Å². The van der Waals surface area contributed by atoms with E-state index in [4.69, 9.17) is 0 Å². The van der Waals surface area contributed by atoms with Gasteiger partial charge in [-0.2, -0.15) is 4.37 Å². The summed E-state index contributed by atoms with van der Waals surface area (Å²) in [5, 5.41) is 21.3. The van der Waals surface area contributed by atoms with Crippen LogP contribution in [-0.4, -0.2) is 20.4 Å². The van der Waals surface area contributed by atoms with Crippen molar-refractivity contribution in [2.24, 2.45) is 10.2 Å². The van der Waals surface area contributed by atoms with Crippen molar-refractivity contribution >= 4 is 44.8 Å². The number of hydrogen-bond donors (Lipinski definition) is 2. The van der Waals surface area contributed by atoms with Gasteiger partial charge in [-0.05, 0) is 23.7 Å². The lowest BCUT2D eigenvalue weighted by atomic mass is 10.2. The van der Waals surface area contributed by atoms with Crippen LogP contribution in [0.2, 0.25) is 0 Å². The summed E-state index contributed by atoms with van der Waals surface area (Å²) < 4.78 is 17.8. The topological polar surface area (TPSA) is 99.8 Å². The van der Waals surface area contributed by atoms with Gasteiger partial charge in [-0.15, -0.1) is 10.2 Å². The number of pyridine rings is 1. The van der Waals surface area contributed by atoms with Gasteiger partial charge in [0.25, 0.3) is 0 Å². The zero-order chi connectivity index (χ0) is 17.1. The number of phenols is 1. The summed E-state index contributed by atoms with van der Waals surface area (Å²) in [6.45, 7) is 1.68. The van der Waals surface area contributed by atoms with Crippen LogP contribution in [0.5, 0.6) is 5.75 Å². The maximum absolute atomic E-state index is 13.6. The van der Waals surface area contributed by atoms with Crippen molar-refractivity contribution < 1.29 is 14.3 Å². The molecule has 0 aliphatic carbocycles. The average molecular weight is 345 g/mol. The van der Waals surface area contributed by atoms with Gasteiger partial charge in [0.1, 0.15) is 5.69 Å². The Bertz CT molecular complexity index is 941. The number of carbonyl (C=O) groups excluding carboxylic acids is 1. The number of hydrogen-bond acceptors (Lipinski definition) is 7. The first-order valence-electron chi connectivity index (χ1n) is 7.03. The minimum Gasteiger partial charge on any atom is -0.505 e. The molecular weight excluding hydrogens is 333 g/mol. The van der Waals surface area contributed by atoms with E-state index in [0.29, 0.717) is 10.6 Å². The Morgan fingerprint density at radius 1 is 1.42 bits per heavy atom. The number of benzene rings is 1. The van der Waals surface area contributed by atoms with E-state index in [1.807, 2.05) is 0 Å². The monoisotopic (exact) mass is 345 g/mol. The van der Waals surface area contributed by atoms with Crippen molar-refractivity contribution in [3.8, 4) is 5.75 Å². The second kappa shape index (κ2) is 6.67. The smallest absolute Gasteiger partial charge is 0.224 e. The van der Waals surface area contributed by atoms with Crippen LogP contribution in [0, 0.1) is 5.82 Å². The largest absolute Gasteiger partial charge is 0.505 e. The number of aromatic nitrogens is 2. The van der Waals surface area contributed by atoms with Crippen molar-refractivity contribution in [2.45, 2.75) is 13.3 Å². The number of nitrogens with one attached hydrogen (secondary N) is 1. The molecule has 1 amide bonds. The van der Waals surface area contributed by atoms with Crippen LogP contribution in [0.1, 0.15) is 13.3 Å². The predicted molar refractivity (Wildman–Crippen MR) is 88.6 cm³/mol. The highest BCUT2D eigenvalue weighted by molar-refractivity contribution is 7.11. The molecule has 0 aliphatic heterocycles. The van der Waals surface area contributed by atoms with E-state index in [2.05, 4.69) is 24.9 Å². The van der Waals surface area contributed by atoms with Gasteiger partial charge in [0.05, 0.1) is 11.1 Å². The number of amides is 1. The molecule has 2 heterocycles. The lowest BCUT2D eigenvalue weighted by Gasteiger charge is -2.07. The van der Waals surface area contributed by atoms with Gasteiger partial charge in [-0.1, -0.05) is 6.92 Å². The lowest BCUT2D eigenvalue weighted by Crippen LogP contribution is -2.09. The van der Waals surface area contributed by atoms with Crippen LogP contribution in [0.4, 0.5) is 20.8 Å². The molecule has 0 aliphatic rings. The van der Waals surface area contributed by atoms with Gasteiger partial charge in [-0.3, -0.25) is 4.79 Å². The molecule has 9 heteroatoms. The number of fused-ring (bicyclic) bond motifs is 1. The number of aromatic hydroxyl groups is 1. The molecule has 0 unspecified atom stereocenters. The molecule has 0 fully saturated rings. The third-order valence-corrected chi connectivity index (χ3v) is 3.88. The van der Waals surface area contributed by atoms with Gasteiger partial charge >= 0.3 is 0 Å². The molecule has 0 spiro atoms. The van der Waals surface area contributed by atoms with E-state index in [9.17, 15) is 14.3 Å². The molecule has 3 rings (SSSR count). The van der Waals surface area contributed by atoms with E-state index in [0.717, 1.165) is 29.1 Å². The minimum absolute atomic E-state index is 0.0949. The third kappa shape index (κ3) is 3.20. The van der Waals surface area contributed by atoms with E-state index >= 15 is 0 Å². The Morgan fingerprint density at radius 2 is 2.25 bits per heavy atom. The standard InChI is InChI=1S/C15H12FN5O2S/c1-2-13(23)18-10-7-12(22)9(16)6-11(10)19-20-15-8-4-3-5-17-14(8)21-24-15/h3-7,22H,2H2,1H3,(H,18,23)/b20-19+. The summed E-state index contributed by atoms with van der Waals surface area (Å²) in [6.07, 6.45) is 1.86. The molecule has 24 heavy (non-hydrogen) atoms. The Morgan fingerprint density at radius 3 is 3.04 bits per heavy atom. The van der Waals surface area contributed by atoms with E-state index < -0.39 is 11.6 Å². The average Bonchev–Trinajstić information content (AvgIpc) is 3.00. The fraction of sp³-hybridized carbons (Fsp3) is 0.133. The molecule has 122 valence electrons. The maximum Gasteiger partial charge on any atom is 0.224 e. The number of nitrogens with zero attached hydrogens (tertiary/aromatic N) is 4. The van der Waals surface area contributed by atoms with Crippen LogP contribution < -0.4 is 5.32 Å². The van der Waals surface area contributed by atoms with Crippen LogP contribution in [0.3, 0.4) is 0 Å². The SMILES string of the molecule is CCC(=O)Nc1cc(O)c(F)cc1/N=N/c1snc2ncccc12. The Labute approximate surface area is 140 Å². The molecule has 1 aromatic carbocycles. The Balaban J connectivity index is 1.99. The number of phenolic OH excluding ortho intramolecular Hbond substituents is 1. The lowest BCUT2D eigenvalue weighted by molar-refractivity contribution is -0.115. The van der Waals surface area contributed by atoms with E-state index in [-0.39, 0.29) is 23.7 Å². The molecule has 2 aromatic heterocycles. The summed E-state index contributed by atoms with van der Waals surface area (Å²) in [6, 6.07) is 5.66. The van der Waals surface area contributed by atoms with Gasteiger partial charge in [0.15, 0.2) is 22.2 Å². The predicted octanol–water partition coefficient (Wildman–Crippen LogP) is 4.30. The highest BCUT2D eigenvalue weighted by Crippen LogP contribution is 2.35. The summed E-state index contributed by atoms with van der Waals surface area (Å²) in [5.41, 5.74) is 0.821. The van der Waals surface area contributed by atoms with Gasteiger partial charge < -0.3 is 10.4 Å². The Kier molecular flexibility index (Phi) is 4.43. The Hall–Kier alpha value is -2.94. The minimum atomic E-state index is -0.853. The fourth-order valence-corrected chi connectivity index (χ4v) is 2.57. The van der Waals surface area contributed by atoms with Crippen molar-refractivity contribution in [2.75, 3.05) is 5.32 Å². The molecule has 3 aromatic rings. The second-order valence-electron chi connectivity index (χ2n) is 4.78. The third-order valence-electron chi connectivity index (χ3n) is 3.14. The highest BCUT2D eigenvalue weighted by Gasteiger charge is 2.12. The van der Waals surface area contributed by atoms with Crippen molar-refractivity contribution in [1.82, 2.24) is 9.36 Å². The van der Waals surface area contributed by atoms with E-state index in [1.165, 1.54) is 0 Å². The highest BCUT2D eigenvalue weighted by atomic mass is 32.1. The fourth-order valence-electron chi connectivity index (χ4n) is 1.92. The van der Waals surface area contributed by atoms with Crippen LogP contribution in [-0.2, 0) is 4.79 Å². The maximum atomic E-state index is 13.6. The summed E-state index contributed by atoms with van der Waals surface area (Å²) in [7, 11) is 0. The van der Waals surface area contributed by atoms with Gasteiger partial charge in [0.2, 0.25) is 5.91 Å². The molecule has 0 atom stereocenters. The number of rotatable bonds is 4. The first kappa shape index (κ1) is 15.9. The second-order valence-corrected chi connectivity index (χ2v) is 5.54. The molecule has 0 bridgehead atoms. The van der Waals surface area contributed by atoms with E-state index in [1.54, 1.807) is 25.3 Å². The van der Waals surface area contributed by atoms with Crippen molar-refractivity contribution in [3.05, 3.63) is 36.3 Å². The van der Waals surface area contributed by atoms with Crippen molar-refractivity contribution in [1.29, 1.82) is 0 Å². The number of carbonyl (C=O) groups is 1. The first-order chi connectivity index (χ1) is 11.6. The number of halogens is 1. The summed E-state index contributed by atoms with van der Waals surface area (Å²) in [4.78, 5) is 15.7. The van der Waals surface area contributed by atoms with Crippen LogP contribution in [0.15, 0.2) is 40.7 Å². The zero-order valence-electron chi connectivity index (χ0n) is 12.5. The molecular formula is C15H12FN5O2S. The summed E-state index contributed by atoms with van der Waals surface area (Å²) >= 11 is 1.11. The van der Waals surface area contributed by atoms with Crippen LogP contribution >= 0.6 is 11.5 Å². The zero-order valence-corrected chi connectivity index (χ0v) is 13.3. The van der Waals surface area contributed by atoms with Crippen molar-refractivity contribution in [3.63, 3.8) is 0 Å². The molecule has 7 nitrogen and oxygen atoms in total. The molecule has 2 N–H and O–H groups in total. The van der Waals surface area contributed by atoms with Gasteiger partial charge in [-0.25, -0.2) is 9.37 Å². The first-order valence-corrected chi connectivity index (χ1v) is 7.80. The molecule has 0 radical (unpaired) electrons. The summed E-state index contributed by atoms with van der Waals surface area (Å²) in [5.74, 6) is -1.72. The molecule has 0 saturated carbocycles. The quantitative estimate of drug-likeness (QED) is 0.688. The van der Waals surface area contributed by atoms with Gasteiger partial charge in [0, 0.05) is 24.8 Å². The normalized spacial score (nSPS) is 11.2. The number of anilines is 1. The number of azo groups is 1.